The predicted octanol–water partition coefficient (Wildman–Crippen LogP) is 5.09. The maximum absolute atomic E-state index is 2.35. The molecule has 0 spiro atoms. The molecule has 0 saturated carbocycles. The molecule has 90 valence electrons. The Bertz CT molecular complexity index is 395. The van der Waals surface area contributed by atoms with Crippen LogP contribution in [0.15, 0.2) is 54.1 Å². The van der Waals surface area contributed by atoms with Crippen LogP contribution in [0.25, 0.3) is 0 Å². The summed E-state index contributed by atoms with van der Waals surface area (Å²) in [7, 11) is 0. The van der Waals surface area contributed by atoms with E-state index in [4.69, 9.17) is 0 Å². The van der Waals surface area contributed by atoms with E-state index in [1.165, 1.54) is 24.0 Å². The van der Waals surface area contributed by atoms with Crippen molar-refractivity contribution in [2.75, 3.05) is 0 Å². The summed E-state index contributed by atoms with van der Waals surface area (Å²) in [6.45, 7) is 4.66. The van der Waals surface area contributed by atoms with E-state index in [0.717, 1.165) is 6.42 Å². The number of benzene rings is 1. The Morgan fingerprint density at radius 2 is 1.88 bits per heavy atom. The van der Waals surface area contributed by atoms with E-state index in [0.29, 0.717) is 11.8 Å². The first kappa shape index (κ1) is 12.2. The van der Waals surface area contributed by atoms with Gasteiger partial charge in [0.1, 0.15) is 0 Å². The fourth-order valence-electron chi connectivity index (χ4n) is 2.60. The second-order valence-electron chi connectivity index (χ2n) is 5.22. The SMILES string of the molecule is CC(C)C(CCC1=CCC=C1)c1ccccc1. The average Bonchev–Trinajstić information content (AvgIpc) is 2.83. The molecule has 0 amide bonds. The molecule has 2 rings (SSSR count). The predicted molar refractivity (Wildman–Crippen MR) is 75.1 cm³/mol. The van der Waals surface area contributed by atoms with Crippen LogP contribution in [-0.4, -0.2) is 0 Å². The lowest BCUT2D eigenvalue weighted by atomic mass is 9.84. The Morgan fingerprint density at radius 3 is 2.47 bits per heavy atom. The van der Waals surface area contributed by atoms with Gasteiger partial charge in [-0.05, 0) is 36.7 Å². The van der Waals surface area contributed by atoms with E-state index >= 15 is 0 Å². The van der Waals surface area contributed by atoms with Gasteiger partial charge in [0.25, 0.3) is 0 Å². The number of rotatable bonds is 5. The molecule has 1 atom stereocenters. The maximum Gasteiger partial charge on any atom is -0.0136 e. The standard InChI is InChI=1S/C17H22/c1-14(2)17(16-10-4-3-5-11-16)13-12-15-8-6-7-9-15/h3-6,8-11,14,17H,7,12-13H2,1-2H3. The zero-order valence-corrected chi connectivity index (χ0v) is 10.9. The van der Waals surface area contributed by atoms with Crippen LogP contribution in [0.5, 0.6) is 0 Å². The van der Waals surface area contributed by atoms with Crippen molar-refractivity contribution < 1.29 is 0 Å². The normalized spacial score (nSPS) is 16.3. The van der Waals surface area contributed by atoms with Gasteiger partial charge in [0.15, 0.2) is 0 Å². The fraction of sp³-hybridized carbons (Fsp3) is 0.412. The second-order valence-corrected chi connectivity index (χ2v) is 5.22. The molecule has 17 heavy (non-hydrogen) atoms. The zero-order chi connectivity index (χ0) is 12.1. The summed E-state index contributed by atoms with van der Waals surface area (Å²) in [6.07, 6.45) is 10.5. The smallest absolute Gasteiger partial charge is 0.0136 e. The quantitative estimate of drug-likeness (QED) is 0.655. The van der Waals surface area contributed by atoms with E-state index < -0.39 is 0 Å². The minimum atomic E-state index is 0.686. The van der Waals surface area contributed by atoms with E-state index in [2.05, 4.69) is 62.4 Å². The molecule has 1 aliphatic rings. The Morgan fingerprint density at radius 1 is 1.12 bits per heavy atom. The van der Waals surface area contributed by atoms with Crippen LogP contribution in [0.4, 0.5) is 0 Å². The highest BCUT2D eigenvalue weighted by Gasteiger charge is 2.15. The van der Waals surface area contributed by atoms with Gasteiger partial charge in [-0.2, -0.15) is 0 Å². The molecule has 0 N–H and O–H groups in total. The first-order chi connectivity index (χ1) is 8.27. The van der Waals surface area contributed by atoms with Crippen LogP contribution in [0.3, 0.4) is 0 Å². The van der Waals surface area contributed by atoms with Crippen molar-refractivity contribution in [1.82, 2.24) is 0 Å². The molecule has 0 radical (unpaired) electrons. The van der Waals surface area contributed by atoms with Gasteiger partial charge in [-0.3, -0.25) is 0 Å². The van der Waals surface area contributed by atoms with Gasteiger partial charge in [0.05, 0.1) is 0 Å². The van der Waals surface area contributed by atoms with Crippen molar-refractivity contribution in [3.63, 3.8) is 0 Å². The summed E-state index contributed by atoms with van der Waals surface area (Å²) in [6, 6.07) is 10.9. The highest BCUT2D eigenvalue weighted by atomic mass is 14.2. The molecular formula is C17H22. The number of allylic oxidation sites excluding steroid dienone is 4. The van der Waals surface area contributed by atoms with E-state index in [9.17, 15) is 0 Å². The van der Waals surface area contributed by atoms with Gasteiger partial charge < -0.3 is 0 Å². The average molecular weight is 226 g/mol. The third-order valence-corrected chi connectivity index (χ3v) is 3.62. The lowest BCUT2D eigenvalue weighted by Crippen LogP contribution is -2.06. The van der Waals surface area contributed by atoms with Crippen LogP contribution in [0, 0.1) is 5.92 Å². The van der Waals surface area contributed by atoms with Crippen molar-refractivity contribution in [3.05, 3.63) is 59.7 Å². The summed E-state index contributed by atoms with van der Waals surface area (Å²) in [5, 5.41) is 0. The lowest BCUT2D eigenvalue weighted by Gasteiger charge is -2.21. The summed E-state index contributed by atoms with van der Waals surface area (Å²) in [5.74, 6) is 1.40. The summed E-state index contributed by atoms with van der Waals surface area (Å²) in [4.78, 5) is 0. The van der Waals surface area contributed by atoms with Crippen LogP contribution in [0.1, 0.15) is 44.6 Å². The number of hydrogen-bond acceptors (Lipinski definition) is 0. The van der Waals surface area contributed by atoms with E-state index in [1.54, 1.807) is 0 Å². The molecule has 1 aromatic rings. The highest BCUT2D eigenvalue weighted by Crippen LogP contribution is 2.31. The molecule has 1 unspecified atom stereocenters. The molecule has 0 heteroatoms. The van der Waals surface area contributed by atoms with Crippen molar-refractivity contribution in [3.8, 4) is 0 Å². The summed E-state index contributed by atoms with van der Waals surface area (Å²) < 4.78 is 0. The molecule has 1 aliphatic carbocycles. The Hall–Kier alpha value is -1.30. The lowest BCUT2D eigenvalue weighted by molar-refractivity contribution is 0.469. The molecule has 0 heterocycles. The monoisotopic (exact) mass is 226 g/mol. The number of hydrogen-bond donors (Lipinski definition) is 0. The van der Waals surface area contributed by atoms with Crippen molar-refractivity contribution >= 4 is 0 Å². The Labute approximate surface area is 105 Å². The Kier molecular flexibility index (Phi) is 4.19. The molecule has 0 fully saturated rings. The molecule has 1 aromatic carbocycles. The molecule has 0 nitrogen and oxygen atoms in total. The Balaban J connectivity index is 2.00. The van der Waals surface area contributed by atoms with Gasteiger partial charge in [-0.25, -0.2) is 0 Å². The molecule has 0 saturated heterocycles. The topological polar surface area (TPSA) is 0 Å². The van der Waals surface area contributed by atoms with Gasteiger partial charge in [0.2, 0.25) is 0 Å². The van der Waals surface area contributed by atoms with Gasteiger partial charge in [-0.15, -0.1) is 0 Å². The highest BCUT2D eigenvalue weighted by molar-refractivity contribution is 5.27. The maximum atomic E-state index is 2.35. The molecular weight excluding hydrogens is 204 g/mol. The third-order valence-electron chi connectivity index (χ3n) is 3.62. The largest absolute Gasteiger partial charge is 0.0805 e. The van der Waals surface area contributed by atoms with E-state index in [1.807, 2.05) is 0 Å². The van der Waals surface area contributed by atoms with Gasteiger partial charge in [0, 0.05) is 0 Å². The van der Waals surface area contributed by atoms with Gasteiger partial charge in [-0.1, -0.05) is 68.0 Å². The van der Waals surface area contributed by atoms with Crippen LogP contribution >= 0.6 is 0 Å². The van der Waals surface area contributed by atoms with Gasteiger partial charge >= 0.3 is 0 Å². The zero-order valence-electron chi connectivity index (χ0n) is 10.9. The van der Waals surface area contributed by atoms with Crippen LogP contribution in [0.2, 0.25) is 0 Å². The van der Waals surface area contributed by atoms with Crippen LogP contribution in [-0.2, 0) is 0 Å². The summed E-state index contributed by atoms with van der Waals surface area (Å²) in [5.41, 5.74) is 3.01. The van der Waals surface area contributed by atoms with Crippen molar-refractivity contribution in [1.29, 1.82) is 0 Å². The minimum absolute atomic E-state index is 0.686. The minimum Gasteiger partial charge on any atom is -0.0805 e. The second kappa shape index (κ2) is 5.86. The molecule has 0 bridgehead atoms. The first-order valence-electron chi connectivity index (χ1n) is 6.68. The first-order valence-corrected chi connectivity index (χ1v) is 6.68. The van der Waals surface area contributed by atoms with Crippen LogP contribution < -0.4 is 0 Å². The van der Waals surface area contributed by atoms with Crippen molar-refractivity contribution in [2.24, 2.45) is 5.92 Å². The molecule has 0 aromatic heterocycles. The molecule has 0 aliphatic heterocycles. The fourth-order valence-corrected chi connectivity index (χ4v) is 2.60. The van der Waals surface area contributed by atoms with E-state index in [-0.39, 0.29) is 0 Å². The summed E-state index contributed by atoms with van der Waals surface area (Å²) >= 11 is 0. The van der Waals surface area contributed by atoms with Crippen molar-refractivity contribution in [2.45, 2.75) is 39.0 Å². The third kappa shape index (κ3) is 3.33.